The maximum absolute atomic E-state index is 12.5. The van der Waals surface area contributed by atoms with Gasteiger partial charge in [0.05, 0.1) is 36.4 Å². The Morgan fingerprint density at radius 3 is 2.63 bits per heavy atom. The van der Waals surface area contributed by atoms with Gasteiger partial charge in [0.15, 0.2) is 0 Å². The van der Waals surface area contributed by atoms with E-state index in [0.717, 1.165) is 38.5 Å². The van der Waals surface area contributed by atoms with Crippen LogP contribution in [0.4, 0.5) is 0 Å². The molecule has 5 nitrogen and oxygen atoms in total. The highest BCUT2D eigenvalue weighted by atomic mass is 16.5. The van der Waals surface area contributed by atoms with Gasteiger partial charge in [0.2, 0.25) is 0 Å². The lowest BCUT2D eigenvalue weighted by atomic mass is 9.70. The minimum absolute atomic E-state index is 0.0812. The predicted molar refractivity (Wildman–Crippen MR) is 103 cm³/mol. The van der Waals surface area contributed by atoms with Gasteiger partial charge in [0.25, 0.3) is 0 Å². The van der Waals surface area contributed by atoms with Crippen molar-refractivity contribution < 1.29 is 24.5 Å². The Kier molecular flexibility index (Phi) is 6.05. The average Bonchev–Trinajstić information content (AvgIpc) is 3.43. The molecule has 2 heterocycles. The van der Waals surface area contributed by atoms with Crippen molar-refractivity contribution in [1.29, 1.82) is 0 Å². The van der Waals surface area contributed by atoms with Gasteiger partial charge < -0.3 is 19.7 Å². The maximum atomic E-state index is 12.5. The lowest BCUT2D eigenvalue weighted by molar-refractivity contribution is -0.245. The molecule has 0 amide bonds. The summed E-state index contributed by atoms with van der Waals surface area (Å²) in [6.45, 7) is 6.17. The molecule has 0 aromatic heterocycles. The third kappa shape index (κ3) is 3.96. The van der Waals surface area contributed by atoms with Crippen molar-refractivity contribution in [2.45, 2.75) is 96.1 Å². The van der Waals surface area contributed by atoms with Gasteiger partial charge in [0, 0.05) is 5.92 Å². The van der Waals surface area contributed by atoms with Crippen LogP contribution in [0.3, 0.4) is 0 Å². The van der Waals surface area contributed by atoms with E-state index >= 15 is 0 Å². The molecule has 2 N–H and O–H groups in total. The summed E-state index contributed by atoms with van der Waals surface area (Å²) in [6, 6.07) is 0. The summed E-state index contributed by atoms with van der Waals surface area (Å²) in [4.78, 5) is 12.5. The van der Waals surface area contributed by atoms with Crippen LogP contribution in [0.2, 0.25) is 0 Å². The van der Waals surface area contributed by atoms with Crippen LogP contribution in [-0.4, -0.2) is 47.2 Å². The summed E-state index contributed by atoms with van der Waals surface area (Å²) in [5.74, 6) is -0.347. The van der Waals surface area contributed by atoms with Gasteiger partial charge in [0.1, 0.15) is 0 Å². The highest BCUT2D eigenvalue weighted by molar-refractivity contribution is 5.80. The van der Waals surface area contributed by atoms with Gasteiger partial charge in [-0.15, -0.1) is 0 Å². The zero-order chi connectivity index (χ0) is 19.8. The fraction of sp³-hybridized carbons (Fsp3) is 0.864. The third-order valence-corrected chi connectivity index (χ3v) is 7.36. The van der Waals surface area contributed by atoms with E-state index < -0.39 is 29.3 Å². The smallest absolute Gasteiger partial charge is 0.312 e. The zero-order valence-corrected chi connectivity index (χ0v) is 17.2. The predicted octanol–water partition coefficient (Wildman–Crippen LogP) is 3.37. The molecule has 0 unspecified atom stereocenters. The molecule has 1 aliphatic carbocycles. The second kappa shape index (κ2) is 7.84. The fourth-order valence-corrected chi connectivity index (χ4v) is 5.14. The molecule has 2 bridgehead atoms. The second-order valence-electron chi connectivity index (χ2n) is 9.35. The molecule has 1 saturated carbocycles. The summed E-state index contributed by atoms with van der Waals surface area (Å²) < 4.78 is 11.5. The van der Waals surface area contributed by atoms with Crippen molar-refractivity contribution in [2.75, 3.05) is 7.11 Å². The van der Waals surface area contributed by atoms with Gasteiger partial charge in [-0.1, -0.05) is 18.6 Å². The standard InChI is InChI=1S/C22H36O5/c1-14-7-5-9-15(2)18(24)19-16(22(11-12-22)20(25)26-4)13-17(23)21(3,27-19)10-6-8-14/h8,15-19,23-24H,5-7,9-13H2,1-4H3/b14-8+/t15-,16+,17+,18-,19+,21-/m0/s1. The Hall–Kier alpha value is -0.910. The lowest BCUT2D eigenvalue weighted by Gasteiger charge is -2.50. The van der Waals surface area contributed by atoms with E-state index in [1.165, 1.54) is 12.7 Å². The van der Waals surface area contributed by atoms with Crippen LogP contribution in [0.1, 0.15) is 72.1 Å². The van der Waals surface area contributed by atoms with Crippen molar-refractivity contribution in [3.8, 4) is 0 Å². The number of ether oxygens (including phenoxy) is 2. The van der Waals surface area contributed by atoms with Gasteiger partial charge in [-0.2, -0.15) is 0 Å². The molecular weight excluding hydrogens is 344 g/mol. The van der Waals surface area contributed by atoms with Crippen molar-refractivity contribution in [3.63, 3.8) is 0 Å². The van der Waals surface area contributed by atoms with Crippen LogP contribution in [0, 0.1) is 17.3 Å². The minimum atomic E-state index is -0.704. The number of allylic oxidation sites excluding steroid dienone is 2. The summed E-state index contributed by atoms with van der Waals surface area (Å²) in [5.41, 5.74) is 0.0586. The Labute approximate surface area is 163 Å². The second-order valence-corrected chi connectivity index (χ2v) is 9.35. The molecule has 1 saturated heterocycles. The highest BCUT2D eigenvalue weighted by Crippen LogP contribution is 2.59. The fourth-order valence-electron chi connectivity index (χ4n) is 5.14. The first kappa shape index (κ1) is 20.8. The summed E-state index contributed by atoms with van der Waals surface area (Å²) in [6.07, 6.45) is 7.04. The van der Waals surface area contributed by atoms with E-state index in [4.69, 9.17) is 9.47 Å². The number of fused-ring (bicyclic) bond motifs is 2. The first-order chi connectivity index (χ1) is 12.7. The molecule has 5 heteroatoms. The number of hydrogen-bond donors (Lipinski definition) is 2. The van der Waals surface area contributed by atoms with Crippen molar-refractivity contribution in [1.82, 2.24) is 0 Å². The molecule has 0 spiro atoms. The van der Waals surface area contributed by atoms with Crippen LogP contribution < -0.4 is 0 Å². The van der Waals surface area contributed by atoms with E-state index in [2.05, 4.69) is 19.9 Å². The Bertz CT molecular complexity index is 581. The number of carbonyl (C=O) groups is 1. The molecule has 27 heavy (non-hydrogen) atoms. The number of esters is 1. The van der Waals surface area contributed by atoms with Crippen LogP contribution in [0.15, 0.2) is 11.6 Å². The largest absolute Gasteiger partial charge is 0.469 e. The van der Waals surface area contributed by atoms with Crippen LogP contribution in [0.5, 0.6) is 0 Å². The number of methoxy groups -OCH3 is 1. The van der Waals surface area contributed by atoms with E-state index in [0.29, 0.717) is 12.8 Å². The van der Waals surface area contributed by atoms with Gasteiger partial charge >= 0.3 is 5.97 Å². The Morgan fingerprint density at radius 2 is 2.00 bits per heavy atom. The first-order valence-electron chi connectivity index (χ1n) is 10.5. The van der Waals surface area contributed by atoms with Crippen LogP contribution in [0.25, 0.3) is 0 Å². The normalized spacial score (nSPS) is 44.2. The molecule has 0 aromatic rings. The van der Waals surface area contributed by atoms with Crippen molar-refractivity contribution in [2.24, 2.45) is 17.3 Å². The maximum Gasteiger partial charge on any atom is 0.312 e. The summed E-state index contributed by atoms with van der Waals surface area (Å²) in [5, 5.41) is 22.1. The van der Waals surface area contributed by atoms with E-state index in [-0.39, 0.29) is 17.8 Å². The summed E-state index contributed by atoms with van der Waals surface area (Å²) in [7, 11) is 1.42. The molecule has 6 atom stereocenters. The SMILES string of the molecule is COC(=O)C1([C@@H]2C[C@@H](O)[C@]3(C)CC/C=C(\C)CCC[C@H](C)[C@H](O)[C@@H]2O3)CC1. The topological polar surface area (TPSA) is 76.0 Å². The van der Waals surface area contributed by atoms with E-state index in [1.54, 1.807) is 0 Å². The molecule has 0 radical (unpaired) electrons. The lowest BCUT2D eigenvalue weighted by Crippen LogP contribution is -2.59. The first-order valence-corrected chi connectivity index (χ1v) is 10.5. The van der Waals surface area contributed by atoms with Crippen LogP contribution in [-0.2, 0) is 14.3 Å². The Morgan fingerprint density at radius 1 is 1.30 bits per heavy atom. The quantitative estimate of drug-likeness (QED) is 0.567. The number of carbonyl (C=O) groups excluding carboxylic acids is 1. The molecule has 3 aliphatic rings. The van der Waals surface area contributed by atoms with E-state index in [1.807, 2.05) is 6.92 Å². The molecule has 154 valence electrons. The number of hydrogen-bond acceptors (Lipinski definition) is 5. The molecule has 2 fully saturated rings. The average molecular weight is 381 g/mol. The number of aliphatic hydroxyl groups excluding tert-OH is 2. The molecule has 2 aliphatic heterocycles. The van der Waals surface area contributed by atoms with Gasteiger partial charge in [-0.05, 0) is 71.1 Å². The van der Waals surface area contributed by atoms with Crippen molar-refractivity contribution in [3.05, 3.63) is 11.6 Å². The highest BCUT2D eigenvalue weighted by Gasteiger charge is 2.63. The van der Waals surface area contributed by atoms with Gasteiger partial charge in [-0.25, -0.2) is 0 Å². The number of aliphatic hydroxyl groups is 2. The van der Waals surface area contributed by atoms with Gasteiger partial charge in [-0.3, -0.25) is 4.79 Å². The monoisotopic (exact) mass is 380 g/mol. The Balaban J connectivity index is 1.92. The molecule has 3 rings (SSSR count). The molecular formula is C22H36O5. The van der Waals surface area contributed by atoms with E-state index in [9.17, 15) is 15.0 Å². The zero-order valence-electron chi connectivity index (χ0n) is 17.2. The summed E-state index contributed by atoms with van der Waals surface area (Å²) >= 11 is 0. The minimum Gasteiger partial charge on any atom is -0.469 e. The van der Waals surface area contributed by atoms with Crippen molar-refractivity contribution >= 4 is 5.97 Å². The van der Waals surface area contributed by atoms with Crippen LogP contribution >= 0.6 is 0 Å². The number of rotatable bonds is 2. The third-order valence-electron chi connectivity index (χ3n) is 7.36. The molecule has 0 aromatic carbocycles.